The van der Waals surface area contributed by atoms with Crippen LogP contribution in [0.15, 0.2) is 42.5 Å². The first kappa shape index (κ1) is 19.8. The Balaban J connectivity index is 1.65. The molecule has 28 heavy (non-hydrogen) atoms. The van der Waals surface area contributed by atoms with E-state index in [4.69, 9.17) is 21.1 Å². The van der Waals surface area contributed by atoms with Gasteiger partial charge in [-0.15, -0.1) is 0 Å². The average Bonchev–Trinajstić information content (AvgIpc) is 3.51. The van der Waals surface area contributed by atoms with Gasteiger partial charge in [0.05, 0.1) is 19.2 Å². The highest BCUT2D eigenvalue weighted by Gasteiger charge is 2.29. The number of anilines is 2. The number of carbonyl (C=O) groups excluding carboxylic acids is 2. The molecule has 0 spiro atoms. The Bertz CT molecular complexity index is 923. The van der Waals surface area contributed by atoms with Gasteiger partial charge in [0.25, 0.3) is 0 Å². The molecule has 0 atom stereocenters. The molecule has 0 unspecified atom stereocenters. The Kier molecular flexibility index (Phi) is 6.21. The van der Waals surface area contributed by atoms with Crippen LogP contribution in [-0.4, -0.2) is 26.0 Å². The molecule has 146 valence electrons. The standard InChI is InChI=1S/C21H21ClN2O4/c1-27-18-11-13(10-17(22)20(18)28-2)6-9-19(25)23-15-4-3-5-16(12-15)24-21(26)14-7-8-14/h3-6,9-12,14H,7-8H2,1-2H3,(H,23,25)(H,24,26)/b9-6+. The molecular weight excluding hydrogens is 380 g/mol. The van der Waals surface area contributed by atoms with Crippen LogP contribution < -0.4 is 20.1 Å². The van der Waals surface area contributed by atoms with Crippen LogP contribution in [0.2, 0.25) is 5.02 Å². The summed E-state index contributed by atoms with van der Waals surface area (Å²) >= 11 is 6.17. The number of methoxy groups -OCH3 is 2. The molecule has 0 bridgehead atoms. The molecule has 2 aromatic rings. The van der Waals surface area contributed by atoms with Gasteiger partial charge in [0.1, 0.15) is 0 Å². The molecule has 0 aliphatic heterocycles. The minimum atomic E-state index is -0.309. The minimum absolute atomic E-state index is 0.0219. The van der Waals surface area contributed by atoms with Gasteiger partial charge in [-0.25, -0.2) is 0 Å². The summed E-state index contributed by atoms with van der Waals surface area (Å²) in [4.78, 5) is 24.1. The number of hydrogen-bond donors (Lipinski definition) is 2. The molecule has 0 radical (unpaired) electrons. The van der Waals surface area contributed by atoms with Crippen molar-refractivity contribution in [3.63, 3.8) is 0 Å². The second-order valence-corrected chi connectivity index (χ2v) is 6.81. The summed E-state index contributed by atoms with van der Waals surface area (Å²) in [7, 11) is 3.03. The SMILES string of the molecule is COc1cc(/C=C/C(=O)Nc2cccc(NC(=O)C3CC3)c2)cc(Cl)c1OC. The second-order valence-electron chi connectivity index (χ2n) is 6.41. The first-order chi connectivity index (χ1) is 13.5. The summed E-state index contributed by atoms with van der Waals surface area (Å²) in [5.74, 6) is 0.754. The van der Waals surface area contributed by atoms with Gasteiger partial charge in [-0.2, -0.15) is 0 Å². The highest BCUT2D eigenvalue weighted by Crippen LogP contribution is 2.36. The molecule has 6 nitrogen and oxygen atoms in total. The lowest BCUT2D eigenvalue weighted by molar-refractivity contribution is -0.117. The van der Waals surface area contributed by atoms with Gasteiger partial charge in [0.2, 0.25) is 11.8 Å². The van der Waals surface area contributed by atoms with E-state index in [0.29, 0.717) is 33.5 Å². The molecule has 0 aromatic heterocycles. The van der Waals surface area contributed by atoms with Crippen LogP contribution in [0, 0.1) is 5.92 Å². The van der Waals surface area contributed by atoms with Gasteiger partial charge < -0.3 is 20.1 Å². The summed E-state index contributed by atoms with van der Waals surface area (Å²) in [6, 6.07) is 10.4. The van der Waals surface area contributed by atoms with Gasteiger partial charge in [0, 0.05) is 23.4 Å². The lowest BCUT2D eigenvalue weighted by Gasteiger charge is -2.10. The molecule has 3 rings (SSSR count). The zero-order chi connectivity index (χ0) is 20.1. The summed E-state index contributed by atoms with van der Waals surface area (Å²) in [6.07, 6.45) is 4.90. The first-order valence-electron chi connectivity index (χ1n) is 8.81. The maximum atomic E-state index is 12.2. The highest BCUT2D eigenvalue weighted by atomic mass is 35.5. The zero-order valence-electron chi connectivity index (χ0n) is 15.6. The van der Waals surface area contributed by atoms with Crippen molar-refractivity contribution in [3.05, 3.63) is 53.1 Å². The monoisotopic (exact) mass is 400 g/mol. The number of halogens is 1. The summed E-state index contributed by atoms with van der Waals surface area (Å²) < 4.78 is 10.4. The summed E-state index contributed by atoms with van der Waals surface area (Å²) in [5, 5.41) is 6.02. The number of ether oxygens (including phenoxy) is 2. The van der Waals surface area contributed by atoms with Gasteiger partial charge in [-0.05, 0) is 54.8 Å². The van der Waals surface area contributed by atoms with Crippen molar-refractivity contribution in [2.45, 2.75) is 12.8 Å². The molecule has 1 fully saturated rings. The average molecular weight is 401 g/mol. The van der Waals surface area contributed by atoms with Gasteiger partial charge in [-0.1, -0.05) is 17.7 Å². The fourth-order valence-electron chi connectivity index (χ4n) is 2.65. The Morgan fingerprint density at radius 2 is 1.79 bits per heavy atom. The molecular formula is C21H21ClN2O4. The van der Waals surface area contributed by atoms with E-state index < -0.39 is 0 Å². The van der Waals surface area contributed by atoms with E-state index in [1.807, 2.05) is 0 Å². The van der Waals surface area contributed by atoms with E-state index in [0.717, 1.165) is 12.8 Å². The third kappa shape index (κ3) is 5.04. The lowest BCUT2D eigenvalue weighted by atomic mass is 10.2. The quantitative estimate of drug-likeness (QED) is 0.677. The van der Waals surface area contributed by atoms with Crippen molar-refractivity contribution >= 4 is 40.9 Å². The second kappa shape index (κ2) is 8.80. The number of amides is 2. The molecule has 1 saturated carbocycles. The van der Waals surface area contributed by atoms with Crippen molar-refractivity contribution in [2.24, 2.45) is 5.92 Å². The Labute approximate surface area is 168 Å². The first-order valence-corrected chi connectivity index (χ1v) is 9.19. The lowest BCUT2D eigenvalue weighted by Crippen LogP contribution is -2.14. The third-order valence-electron chi connectivity index (χ3n) is 4.23. The molecule has 2 amide bonds. The topological polar surface area (TPSA) is 76.7 Å². The molecule has 0 saturated heterocycles. The maximum Gasteiger partial charge on any atom is 0.248 e. The largest absolute Gasteiger partial charge is 0.493 e. The zero-order valence-corrected chi connectivity index (χ0v) is 16.4. The summed E-state index contributed by atoms with van der Waals surface area (Å²) in [5.41, 5.74) is 1.95. The van der Waals surface area contributed by atoms with Crippen LogP contribution in [0.5, 0.6) is 11.5 Å². The number of hydrogen-bond acceptors (Lipinski definition) is 4. The molecule has 2 aromatic carbocycles. The molecule has 2 N–H and O–H groups in total. The number of benzene rings is 2. The van der Waals surface area contributed by atoms with Crippen molar-refractivity contribution in [1.82, 2.24) is 0 Å². The molecule has 1 aliphatic carbocycles. The van der Waals surface area contributed by atoms with Crippen molar-refractivity contribution in [1.29, 1.82) is 0 Å². The minimum Gasteiger partial charge on any atom is -0.493 e. The normalized spacial score (nSPS) is 13.2. The van der Waals surface area contributed by atoms with Gasteiger partial charge in [0.15, 0.2) is 11.5 Å². The van der Waals surface area contributed by atoms with Crippen LogP contribution in [0.25, 0.3) is 6.08 Å². The van der Waals surface area contributed by atoms with E-state index in [2.05, 4.69) is 10.6 Å². The predicted molar refractivity (Wildman–Crippen MR) is 110 cm³/mol. The fourth-order valence-corrected chi connectivity index (χ4v) is 2.95. The Morgan fingerprint density at radius 3 is 2.43 bits per heavy atom. The fraction of sp³-hybridized carbons (Fsp3) is 0.238. The van der Waals surface area contributed by atoms with E-state index >= 15 is 0 Å². The smallest absolute Gasteiger partial charge is 0.248 e. The Morgan fingerprint density at radius 1 is 1.07 bits per heavy atom. The van der Waals surface area contributed by atoms with Crippen LogP contribution in [0.4, 0.5) is 11.4 Å². The van der Waals surface area contributed by atoms with E-state index in [1.54, 1.807) is 42.5 Å². The molecule has 0 heterocycles. The van der Waals surface area contributed by atoms with Gasteiger partial charge in [-0.3, -0.25) is 9.59 Å². The van der Waals surface area contributed by atoms with E-state index in [-0.39, 0.29) is 17.7 Å². The van der Waals surface area contributed by atoms with Crippen molar-refractivity contribution < 1.29 is 19.1 Å². The maximum absolute atomic E-state index is 12.2. The number of nitrogens with one attached hydrogen (secondary N) is 2. The van der Waals surface area contributed by atoms with Crippen LogP contribution >= 0.6 is 11.6 Å². The van der Waals surface area contributed by atoms with Gasteiger partial charge >= 0.3 is 0 Å². The molecule has 7 heteroatoms. The number of rotatable bonds is 7. The van der Waals surface area contributed by atoms with Crippen LogP contribution in [0.1, 0.15) is 18.4 Å². The molecule has 1 aliphatic rings. The van der Waals surface area contributed by atoms with E-state index in [9.17, 15) is 9.59 Å². The summed E-state index contributed by atoms with van der Waals surface area (Å²) in [6.45, 7) is 0. The van der Waals surface area contributed by atoms with E-state index in [1.165, 1.54) is 20.3 Å². The van der Waals surface area contributed by atoms with Crippen LogP contribution in [-0.2, 0) is 9.59 Å². The predicted octanol–water partition coefficient (Wildman–Crippen LogP) is 4.36. The van der Waals surface area contributed by atoms with Crippen LogP contribution in [0.3, 0.4) is 0 Å². The Hall–Kier alpha value is -2.99. The third-order valence-corrected chi connectivity index (χ3v) is 4.51. The highest BCUT2D eigenvalue weighted by molar-refractivity contribution is 6.32. The van der Waals surface area contributed by atoms with Crippen molar-refractivity contribution in [2.75, 3.05) is 24.9 Å². The van der Waals surface area contributed by atoms with Crippen molar-refractivity contribution in [3.8, 4) is 11.5 Å². The number of carbonyl (C=O) groups is 2.